The number of H-pyrrole nitrogens is 1. The quantitative estimate of drug-likeness (QED) is 0.425. The van der Waals surface area contributed by atoms with Gasteiger partial charge in [-0.15, -0.1) is 0 Å². The van der Waals surface area contributed by atoms with Gasteiger partial charge in [-0.05, 0) is 56.1 Å². The number of aryl methyl sites for hydroxylation is 1. The van der Waals surface area contributed by atoms with Crippen LogP contribution in [0.25, 0.3) is 21.8 Å². The minimum atomic E-state index is -0.164. The highest BCUT2D eigenvalue weighted by atomic mass is 16.5. The largest absolute Gasteiger partial charge is 0.381 e. The van der Waals surface area contributed by atoms with E-state index in [-0.39, 0.29) is 17.5 Å². The predicted octanol–water partition coefficient (Wildman–Crippen LogP) is 3.22. The third-order valence-corrected chi connectivity index (χ3v) is 7.96. The summed E-state index contributed by atoms with van der Waals surface area (Å²) in [5.41, 5.74) is 5.03. The molecular weight excluding hydrogens is 480 g/mol. The second-order valence-electron chi connectivity index (χ2n) is 10.5. The lowest BCUT2D eigenvalue weighted by molar-refractivity contribution is 0.0675. The van der Waals surface area contributed by atoms with Crippen LogP contribution in [0.15, 0.2) is 47.4 Å². The van der Waals surface area contributed by atoms with Gasteiger partial charge in [0.05, 0.1) is 28.7 Å². The number of hydrogen-bond acceptors (Lipinski definition) is 6. The lowest BCUT2D eigenvalue weighted by atomic mass is 10.0. The van der Waals surface area contributed by atoms with Crippen molar-refractivity contribution in [2.45, 2.75) is 32.4 Å². The summed E-state index contributed by atoms with van der Waals surface area (Å²) in [7, 11) is 2.15. The minimum absolute atomic E-state index is 0.130. The monoisotopic (exact) mass is 514 g/mol. The number of hydrogen-bond donors (Lipinski definition) is 2. The Hall–Kier alpha value is -3.69. The molecule has 0 spiro atoms. The fraction of sp³-hybridized carbons (Fsp3) is 0.414. The summed E-state index contributed by atoms with van der Waals surface area (Å²) < 4.78 is 7.49. The fourth-order valence-corrected chi connectivity index (χ4v) is 5.73. The molecule has 1 amide bonds. The van der Waals surface area contributed by atoms with Gasteiger partial charge in [-0.25, -0.2) is 0 Å². The van der Waals surface area contributed by atoms with Gasteiger partial charge in [-0.1, -0.05) is 18.2 Å². The van der Waals surface area contributed by atoms with Gasteiger partial charge in [0.2, 0.25) is 0 Å². The van der Waals surface area contributed by atoms with E-state index in [1.807, 2.05) is 29.8 Å². The van der Waals surface area contributed by atoms with E-state index in [1.54, 1.807) is 6.20 Å². The Morgan fingerprint density at radius 2 is 1.87 bits per heavy atom. The van der Waals surface area contributed by atoms with E-state index in [1.165, 1.54) is 5.69 Å². The maximum absolute atomic E-state index is 13.5. The number of para-hydroxylation sites is 1. The number of ether oxygens (including phenoxy) is 1. The van der Waals surface area contributed by atoms with Crippen LogP contribution >= 0.6 is 0 Å². The van der Waals surface area contributed by atoms with Crippen molar-refractivity contribution < 1.29 is 9.53 Å². The molecule has 0 unspecified atom stereocenters. The number of anilines is 1. The number of aromatic amines is 1. The number of amides is 1. The Balaban J connectivity index is 1.31. The Labute approximate surface area is 221 Å². The minimum Gasteiger partial charge on any atom is -0.381 e. The average Bonchev–Trinajstić information content (AvgIpc) is 3.39. The van der Waals surface area contributed by atoms with E-state index in [0.717, 1.165) is 61.1 Å². The zero-order valence-corrected chi connectivity index (χ0v) is 22.0. The topological polar surface area (TPSA) is 95.5 Å². The van der Waals surface area contributed by atoms with E-state index < -0.39 is 0 Å². The summed E-state index contributed by atoms with van der Waals surface area (Å²) in [6, 6.07) is 12.3. The van der Waals surface area contributed by atoms with Crippen molar-refractivity contribution in [2.75, 3.05) is 51.3 Å². The number of nitrogens with one attached hydrogen (secondary N) is 2. The van der Waals surface area contributed by atoms with Crippen molar-refractivity contribution in [3.63, 3.8) is 0 Å². The van der Waals surface area contributed by atoms with Gasteiger partial charge in [0, 0.05) is 62.6 Å². The molecule has 0 saturated carbocycles. The number of carbonyl (C=O) groups excluding carboxylic acids is 1. The molecule has 2 aromatic carbocycles. The highest BCUT2D eigenvalue weighted by molar-refractivity contribution is 6.07. The van der Waals surface area contributed by atoms with Crippen LogP contribution < -0.4 is 15.8 Å². The number of nitrogens with zero attached hydrogens (tertiary/aromatic N) is 4. The van der Waals surface area contributed by atoms with Crippen molar-refractivity contribution in [3.8, 4) is 0 Å². The highest BCUT2D eigenvalue weighted by Crippen LogP contribution is 2.30. The maximum atomic E-state index is 13.5. The number of rotatable bonds is 5. The molecule has 198 valence electrons. The number of aromatic nitrogens is 3. The number of piperazine rings is 1. The SMILES string of the molecule is Cc1cc2[nH]c(=O)c3cnn(C4CCOCC4)c3c2cc1C(=O)NCc1ccccc1N1CCN(C)CC1. The fourth-order valence-electron chi connectivity index (χ4n) is 5.73. The summed E-state index contributed by atoms with van der Waals surface area (Å²) in [5.74, 6) is -0.130. The Morgan fingerprint density at radius 1 is 1.11 bits per heavy atom. The normalized spacial score (nSPS) is 17.4. The molecule has 9 nitrogen and oxygen atoms in total. The third-order valence-electron chi connectivity index (χ3n) is 7.96. The maximum Gasteiger partial charge on any atom is 0.259 e. The second-order valence-corrected chi connectivity index (χ2v) is 10.5. The van der Waals surface area contributed by atoms with Gasteiger partial charge >= 0.3 is 0 Å². The zero-order valence-electron chi connectivity index (χ0n) is 22.0. The molecule has 2 N–H and O–H groups in total. The first-order chi connectivity index (χ1) is 18.5. The second kappa shape index (κ2) is 10.2. The molecule has 9 heteroatoms. The molecule has 6 rings (SSSR count). The summed E-state index contributed by atoms with van der Waals surface area (Å²) in [5, 5.41) is 9.12. The Bertz CT molecular complexity index is 1540. The summed E-state index contributed by atoms with van der Waals surface area (Å²) in [6.07, 6.45) is 3.33. The van der Waals surface area contributed by atoms with Crippen LogP contribution in [0.2, 0.25) is 0 Å². The van der Waals surface area contributed by atoms with E-state index in [2.05, 4.69) is 50.4 Å². The van der Waals surface area contributed by atoms with Crippen LogP contribution in [0.3, 0.4) is 0 Å². The van der Waals surface area contributed by atoms with Crippen molar-refractivity contribution >= 4 is 33.4 Å². The summed E-state index contributed by atoms with van der Waals surface area (Å²) >= 11 is 0. The van der Waals surface area contributed by atoms with Crippen molar-refractivity contribution in [2.24, 2.45) is 0 Å². The molecule has 4 heterocycles. The van der Waals surface area contributed by atoms with Crippen molar-refractivity contribution in [3.05, 3.63) is 69.6 Å². The Kier molecular flexibility index (Phi) is 6.63. The van der Waals surface area contributed by atoms with Gasteiger partial charge in [-0.3, -0.25) is 14.3 Å². The van der Waals surface area contributed by atoms with E-state index in [9.17, 15) is 9.59 Å². The average molecular weight is 515 g/mol. The molecule has 0 atom stereocenters. The first kappa shape index (κ1) is 24.6. The zero-order chi connectivity index (χ0) is 26.2. The molecule has 0 radical (unpaired) electrons. The molecule has 2 aromatic heterocycles. The first-order valence-corrected chi connectivity index (χ1v) is 13.4. The summed E-state index contributed by atoms with van der Waals surface area (Å²) in [4.78, 5) is 34.1. The molecule has 2 fully saturated rings. The van der Waals surface area contributed by atoms with Gasteiger partial charge in [0.15, 0.2) is 0 Å². The van der Waals surface area contributed by atoms with Crippen LogP contribution in [0.1, 0.15) is 40.4 Å². The lowest BCUT2D eigenvalue weighted by Crippen LogP contribution is -2.45. The van der Waals surface area contributed by atoms with Gasteiger partial charge in [-0.2, -0.15) is 5.10 Å². The molecule has 0 bridgehead atoms. The number of benzene rings is 2. The third kappa shape index (κ3) is 4.56. The van der Waals surface area contributed by atoms with Gasteiger partial charge < -0.3 is 24.8 Å². The molecule has 0 aliphatic carbocycles. The first-order valence-electron chi connectivity index (χ1n) is 13.4. The number of likely N-dealkylation sites (N-methyl/N-ethyl adjacent to an activating group) is 1. The van der Waals surface area contributed by atoms with Crippen LogP contribution in [-0.4, -0.2) is 72.0 Å². The van der Waals surface area contributed by atoms with Crippen molar-refractivity contribution in [1.29, 1.82) is 0 Å². The van der Waals surface area contributed by atoms with E-state index in [4.69, 9.17) is 4.74 Å². The molecule has 38 heavy (non-hydrogen) atoms. The van der Waals surface area contributed by atoms with Crippen LogP contribution in [0.4, 0.5) is 5.69 Å². The van der Waals surface area contributed by atoms with Gasteiger partial charge in [0.1, 0.15) is 0 Å². The van der Waals surface area contributed by atoms with Gasteiger partial charge in [0.25, 0.3) is 11.5 Å². The van der Waals surface area contributed by atoms with Crippen molar-refractivity contribution in [1.82, 2.24) is 25.0 Å². The molecule has 2 aliphatic rings. The highest BCUT2D eigenvalue weighted by Gasteiger charge is 2.23. The van der Waals surface area contributed by atoms with E-state index in [0.29, 0.717) is 36.2 Å². The number of carbonyl (C=O) groups is 1. The van der Waals surface area contributed by atoms with E-state index >= 15 is 0 Å². The number of pyridine rings is 1. The molecular formula is C29H34N6O3. The predicted molar refractivity (Wildman–Crippen MR) is 149 cm³/mol. The molecule has 4 aromatic rings. The standard InChI is InChI=1S/C29H34N6O3/c1-19-15-25-23(27-24(29(37)32-25)18-31-35(27)21-7-13-38-14-8-21)16-22(19)28(36)30-17-20-5-3-4-6-26(20)34-11-9-33(2)10-12-34/h3-6,15-16,18,21H,7-14,17H2,1-2H3,(H,30,36)(H,32,37). The number of fused-ring (bicyclic) bond motifs is 3. The molecule has 2 aliphatic heterocycles. The van der Waals surface area contributed by atoms with Crippen LogP contribution in [0.5, 0.6) is 0 Å². The lowest BCUT2D eigenvalue weighted by Gasteiger charge is -2.35. The smallest absolute Gasteiger partial charge is 0.259 e. The molecule has 2 saturated heterocycles. The Morgan fingerprint density at radius 3 is 2.66 bits per heavy atom. The van der Waals surface area contributed by atoms with Crippen LogP contribution in [-0.2, 0) is 11.3 Å². The summed E-state index contributed by atoms with van der Waals surface area (Å²) in [6.45, 7) is 7.70. The van der Waals surface area contributed by atoms with Crippen LogP contribution in [0, 0.1) is 6.92 Å².